The SMILES string of the molecule is O=Cc1ccc(-c2cnccc2Nc2ccccc2)cc1. The zero-order valence-electron chi connectivity index (χ0n) is 11.4. The highest BCUT2D eigenvalue weighted by Gasteiger charge is 2.05. The van der Waals surface area contributed by atoms with Crippen molar-refractivity contribution in [3.63, 3.8) is 0 Å². The maximum Gasteiger partial charge on any atom is 0.150 e. The largest absolute Gasteiger partial charge is 0.355 e. The Kier molecular flexibility index (Phi) is 3.74. The van der Waals surface area contributed by atoms with Gasteiger partial charge in [-0.2, -0.15) is 0 Å². The molecule has 0 amide bonds. The lowest BCUT2D eigenvalue weighted by Gasteiger charge is -2.11. The molecule has 0 aliphatic carbocycles. The number of rotatable bonds is 4. The molecule has 3 heteroatoms. The van der Waals surface area contributed by atoms with Crippen molar-refractivity contribution < 1.29 is 4.79 Å². The first-order valence-corrected chi connectivity index (χ1v) is 6.68. The van der Waals surface area contributed by atoms with Gasteiger partial charge < -0.3 is 5.32 Å². The molecule has 0 aliphatic rings. The van der Waals surface area contributed by atoms with Crippen LogP contribution in [0.15, 0.2) is 73.1 Å². The first kappa shape index (κ1) is 13.1. The molecule has 1 heterocycles. The summed E-state index contributed by atoms with van der Waals surface area (Å²) in [5.41, 5.74) is 4.69. The van der Waals surface area contributed by atoms with Gasteiger partial charge in [0.1, 0.15) is 6.29 Å². The van der Waals surface area contributed by atoms with E-state index in [4.69, 9.17) is 0 Å². The summed E-state index contributed by atoms with van der Waals surface area (Å²) in [4.78, 5) is 14.9. The molecule has 0 unspecified atom stereocenters. The third-order valence-electron chi connectivity index (χ3n) is 3.23. The fraction of sp³-hybridized carbons (Fsp3) is 0. The number of carbonyl (C=O) groups is 1. The molecule has 2 aromatic carbocycles. The van der Waals surface area contributed by atoms with Gasteiger partial charge in [0.2, 0.25) is 0 Å². The summed E-state index contributed by atoms with van der Waals surface area (Å²) in [6.45, 7) is 0. The van der Waals surface area contributed by atoms with Crippen molar-refractivity contribution in [2.24, 2.45) is 0 Å². The number of benzene rings is 2. The van der Waals surface area contributed by atoms with Crippen LogP contribution in [0, 0.1) is 0 Å². The van der Waals surface area contributed by atoms with Crippen molar-refractivity contribution in [2.45, 2.75) is 0 Å². The second-order valence-electron chi connectivity index (χ2n) is 4.65. The Morgan fingerprint density at radius 1 is 0.905 bits per heavy atom. The average molecular weight is 274 g/mol. The Morgan fingerprint density at radius 2 is 1.67 bits per heavy atom. The molecule has 0 radical (unpaired) electrons. The number of aldehydes is 1. The number of aromatic nitrogens is 1. The smallest absolute Gasteiger partial charge is 0.150 e. The molecule has 1 aromatic heterocycles. The minimum atomic E-state index is 0.667. The summed E-state index contributed by atoms with van der Waals surface area (Å²) in [7, 11) is 0. The quantitative estimate of drug-likeness (QED) is 0.721. The van der Waals surface area contributed by atoms with Crippen LogP contribution in [0.1, 0.15) is 10.4 Å². The number of hydrogen-bond acceptors (Lipinski definition) is 3. The summed E-state index contributed by atoms with van der Waals surface area (Å²) in [5.74, 6) is 0. The normalized spacial score (nSPS) is 10.1. The van der Waals surface area contributed by atoms with Crippen LogP contribution in [-0.4, -0.2) is 11.3 Å². The van der Waals surface area contributed by atoms with E-state index >= 15 is 0 Å². The van der Waals surface area contributed by atoms with Gasteiger partial charge in [0.25, 0.3) is 0 Å². The Hall–Kier alpha value is -2.94. The molecule has 21 heavy (non-hydrogen) atoms. The van der Waals surface area contributed by atoms with E-state index in [2.05, 4.69) is 10.3 Å². The summed E-state index contributed by atoms with van der Waals surface area (Å²) < 4.78 is 0. The third-order valence-corrected chi connectivity index (χ3v) is 3.23. The van der Waals surface area contributed by atoms with E-state index in [0.29, 0.717) is 5.56 Å². The first-order chi connectivity index (χ1) is 10.4. The van der Waals surface area contributed by atoms with Gasteiger partial charge in [0.15, 0.2) is 0 Å². The van der Waals surface area contributed by atoms with Crippen LogP contribution >= 0.6 is 0 Å². The van der Waals surface area contributed by atoms with Crippen molar-refractivity contribution in [1.29, 1.82) is 0 Å². The highest BCUT2D eigenvalue weighted by molar-refractivity contribution is 5.82. The summed E-state index contributed by atoms with van der Waals surface area (Å²) in [6, 6.07) is 19.4. The van der Waals surface area contributed by atoms with Gasteiger partial charge in [0.05, 0.1) is 0 Å². The number of carbonyl (C=O) groups excluding carboxylic acids is 1. The fourth-order valence-corrected chi connectivity index (χ4v) is 2.15. The molecule has 0 aliphatic heterocycles. The third kappa shape index (κ3) is 2.98. The van der Waals surface area contributed by atoms with Crippen LogP contribution < -0.4 is 5.32 Å². The molecular formula is C18H14N2O. The maximum absolute atomic E-state index is 10.7. The number of hydrogen-bond donors (Lipinski definition) is 1. The van der Waals surface area contributed by atoms with Gasteiger partial charge in [-0.25, -0.2) is 0 Å². The van der Waals surface area contributed by atoms with Gasteiger partial charge >= 0.3 is 0 Å². The Morgan fingerprint density at radius 3 is 2.38 bits per heavy atom. The van der Waals surface area contributed by atoms with Gasteiger partial charge in [-0.1, -0.05) is 42.5 Å². The van der Waals surface area contributed by atoms with Crippen molar-refractivity contribution in [2.75, 3.05) is 5.32 Å². The van der Waals surface area contributed by atoms with Crippen LogP contribution in [0.5, 0.6) is 0 Å². The van der Waals surface area contributed by atoms with E-state index < -0.39 is 0 Å². The van der Waals surface area contributed by atoms with E-state index in [-0.39, 0.29) is 0 Å². The zero-order chi connectivity index (χ0) is 14.5. The lowest BCUT2D eigenvalue weighted by molar-refractivity contribution is 0.112. The van der Waals surface area contributed by atoms with Crippen molar-refractivity contribution >= 4 is 17.7 Å². The molecule has 0 saturated heterocycles. The molecule has 3 aromatic rings. The van der Waals surface area contributed by atoms with Gasteiger partial charge in [-0.3, -0.25) is 9.78 Å². The summed E-state index contributed by atoms with van der Waals surface area (Å²) in [6.07, 6.45) is 4.42. The second-order valence-corrected chi connectivity index (χ2v) is 4.65. The molecule has 0 fully saturated rings. The topological polar surface area (TPSA) is 42.0 Å². The van der Waals surface area contributed by atoms with Gasteiger partial charge in [-0.15, -0.1) is 0 Å². The standard InChI is InChI=1S/C18H14N2O/c21-13-14-6-8-15(9-7-14)17-12-19-11-10-18(17)20-16-4-2-1-3-5-16/h1-13H,(H,19,20). The highest BCUT2D eigenvalue weighted by atomic mass is 16.1. The molecule has 0 spiro atoms. The minimum Gasteiger partial charge on any atom is -0.355 e. The lowest BCUT2D eigenvalue weighted by atomic mass is 10.0. The Labute approximate surface area is 123 Å². The number of nitrogens with one attached hydrogen (secondary N) is 1. The predicted octanol–water partition coefficient (Wildman–Crippen LogP) is 4.30. The number of nitrogens with zero attached hydrogens (tertiary/aromatic N) is 1. The van der Waals surface area contributed by atoms with E-state index in [9.17, 15) is 4.79 Å². The molecular weight excluding hydrogens is 260 g/mol. The average Bonchev–Trinajstić information content (AvgIpc) is 2.56. The molecule has 0 bridgehead atoms. The summed E-state index contributed by atoms with van der Waals surface area (Å²) >= 11 is 0. The first-order valence-electron chi connectivity index (χ1n) is 6.68. The molecule has 1 N–H and O–H groups in total. The molecule has 3 nitrogen and oxygen atoms in total. The molecule has 0 saturated carbocycles. The van der Waals surface area contributed by atoms with Crippen LogP contribution in [0.4, 0.5) is 11.4 Å². The minimum absolute atomic E-state index is 0.667. The number of anilines is 2. The Balaban J connectivity index is 1.97. The van der Waals surface area contributed by atoms with E-state index in [0.717, 1.165) is 28.8 Å². The Bertz CT molecular complexity index is 737. The van der Waals surface area contributed by atoms with Crippen LogP contribution in [-0.2, 0) is 0 Å². The predicted molar refractivity (Wildman–Crippen MR) is 84.8 cm³/mol. The number of para-hydroxylation sites is 1. The zero-order valence-corrected chi connectivity index (χ0v) is 11.4. The lowest BCUT2D eigenvalue weighted by Crippen LogP contribution is -1.94. The van der Waals surface area contributed by atoms with Crippen LogP contribution in [0.25, 0.3) is 11.1 Å². The monoisotopic (exact) mass is 274 g/mol. The maximum atomic E-state index is 10.7. The van der Waals surface area contributed by atoms with Crippen LogP contribution in [0.3, 0.4) is 0 Å². The van der Waals surface area contributed by atoms with E-state index in [1.807, 2.05) is 66.9 Å². The number of pyridine rings is 1. The van der Waals surface area contributed by atoms with Crippen molar-refractivity contribution in [1.82, 2.24) is 4.98 Å². The fourth-order valence-electron chi connectivity index (χ4n) is 2.15. The highest BCUT2D eigenvalue weighted by Crippen LogP contribution is 2.29. The van der Waals surface area contributed by atoms with Gasteiger partial charge in [0, 0.05) is 34.9 Å². The molecule has 0 atom stereocenters. The summed E-state index contributed by atoms with van der Waals surface area (Å²) in [5, 5.41) is 3.39. The van der Waals surface area contributed by atoms with Gasteiger partial charge in [-0.05, 0) is 23.8 Å². The van der Waals surface area contributed by atoms with E-state index in [1.54, 1.807) is 6.20 Å². The molecule has 102 valence electrons. The molecule has 3 rings (SSSR count). The van der Waals surface area contributed by atoms with Crippen molar-refractivity contribution in [3.05, 3.63) is 78.6 Å². The second kappa shape index (κ2) is 6.01. The van der Waals surface area contributed by atoms with Crippen molar-refractivity contribution in [3.8, 4) is 11.1 Å². The van der Waals surface area contributed by atoms with Crippen LogP contribution in [0.2, 0.25) is 0 Å². The van der Waals surface area contributed by atoms with E-state index in [1.165, 1.54) is 0 Å².